The average Bonchev–Trinajstić information content (AvgIpc) is 2.62. The minimum atomic E-state index is -0.374. The Morgan fingerprint density at radius 1 is 1.35 bits per heavy atom. The van der Waals surface area contributed by atoms with E-state index < -0.39 is 0 Å². The van der Waals surface area contributed by atoms with Gasteiger partial charge in [0.2, 0.25) is 5.89 Å². The van der Waals surface area contributed by atoms with Crippen LogP contribution in [0.5, 0.6) is 0 Å². The molecule has 2 aromatic rings. The molecule has 2 rings (SSSR count). The number of halogens is 1. The third-order valence-electron chi connectivity index (χ3n) is 1.93. The van der Waals surface area contributed by atoms with E-state index in [9.17, 15) is 4.79 Å². The summed E-state index contributed by atoms with van der Waals surface area (Å²) in [6, 6.07) is 3.13. The number of pyridine rings is 1. The first-order valence-electron chi connectivity index (χ1n) is 4.80. The first-order valence-corrected chi connectivity index (χ1v) is 5.18. The molecule has 1 amide bonds. The van der Waals surface area contributed by atoms with E-state index in [4.69, 9.17) is 16.0 Å². The van der Waals surface area contributed by atoms with Gasteiger partial charge in [0.1, 0.15) is 5.15 Å². The average molecular weight is 253 g/mol. The second-order valence-corrected chi connectivity index (χ2v) is 3.79. The highest BCUT2D eigenvalue weighted by atomic mass is 35.5. The second kappa shape index (κ2) is 4.50. The molecule has 2 heterocycles. The number of amides is 1. The molecule has 0 aliphatic heterocycles. The third-order valence-corrected chi connectivity index (χ3v) is 2.12. The summed E-state index contributed by atoms with van der Waals surface area (Å²) < 4.78 is 5.03. The van der Waals surface area contributed by atoms with E-state index in [2.05, 4.69) is 20.5 Å². The lowest BCUT2D eigenvalue weighted by atomic mass is 10.2. The quantitative estimate of drug-likeness (QED) is 0.827. The SMILES string of the molecule is Cc1cc(C(=O)Nc2nnc(C)o2)cc(Cl)n1. The molecule has 6 nitrogen and oxygen atoms in total. The molecule has 0 unspecified atom stereocenters. The zero-order chi connectivity index (χ0) is 12.4. The standard InChI is InChI=1S/C10H9ClN4O2/c1-5-3-7(4-8(11)12-5)9(16)13-10-15-14-6(2)17-10/h3-4H,1-2H3,(H,13,15,16). The molecular formula is C10H9ClN4O2. The Hall–Kier alpha value is -1.95. The Labute approximate surface area is 102 Å². The highest BCUT2D eigenvalue weighted by Gasteiger charge is 2.11. The van der Waals surface area contributed by atoms with E-state index in [1.807, 2.05) is 0 Å². The second-order valence-electron chi connectivity index (χ2n) is 3.40. The number of nitrogens with zero attached hydrogens (tertiary/aromatic N) is 3. The molecule has 0 aliphatic rings. The van der Waals surface area contributed by atoms with Crippen molar-refractivity contribution in [1.29, 1.82) is 0 Å². The van der Waals surface area contributed by atoms with Gasteiger partial charge in [0, 0.05) is 18.2 Å². The van der Waals surface area contributed by atoms with E-state index >= 15 is 0 Å². The van der Waals surface area contributed by atoms with Gasteiger partial charge >= 0.3 is 6.01 Å². The van der Waals surface area contributed by atoms with Crippen LogP contribution in [0.25, 0.3) is 0 Å². The van der Waals surface area contributed by atoms with Crippen LogP contribution >= 0.6 is 11.6 Å². The predicted molar refractivity (Wildman–Crippen MR) is 61.0 cm³/mol. The van der Waals surface area contributed by atoms with Gasteiger partial charge in [-0.15, -0.1) is 5.10 Å². The molecule has 0 radical (unpaired) electrons. The monoisotopic (exact) mass is 252 g/mol. The summed E-state index contributed by atoms with van der Waals surface area (Å²) in [5.74, 6) is 0.00490. The number of hydrogen-bond acceptors (Lipinski definition) is 5. The van der Waals surface area contributed by atoms with Gasteiger partial charge in [-0.05, 0) is 19.1 Å². The molecule has 0 aromatic carbocycles. The van der Waals surface area contributed by atoms with Gasteiger partial charge in [-0.1, -0.05) is 16.7 Å². The molecule has 7 heteroatoms. The van der Waals surface area contributed by atoms with Crippen molar-refractivity contribution >= 4 is 23.5 Å². The Balaban J connectivity index is 2.19. The van der Waals surface area contributed by atoms with Crippen LogP contribution in [0, 0.1) is 13.8 Å². The fourth-order valence-corrected chi connectivity index (χ4v) is 1.53. The molecule has 0 saturated heterocycles. The molecule has 0 bridgehead atoms. The zero-order valence-electron chi connectivity index (χ0n) is 9.19. The van der Waals surface area contributed by atoms with Crippen molar-refractivity contribution < 1.29 is 9.21 Å². The number of carbonyl (C=O) groups is 1. The molecular weight excluding hydrogens is 244 g/mol. The molecule has 0 saturated carbocycles. The molecule has 0 atom stereocenters. The van der Waals surface area contributed by atoms with E-state index in [1.54, 1.807) is 19.9 Å². The van der Waals surface area contributed by atoms with Crippen LogP contribution in [0.3, 0.4) is 0 Å². The van der Waals surface area contributed by atoms with Crippen molar-refractivity contribution in [2.45, 2.75) is 13.8 Å². The fraction of sp³-hybridized carbons (Fsp3) is 0.200. The van der Waals surface area contributed by atoms with E-state index in [0.717, 1.165) is 0 Å². The first kappa shape index (κ1) is 11.5. The minimum absolute atomic E-state index is 0.0538. The van der Waals surface area contributed by atoms with Crippen molar-refractivity contribution in [2.24, 2.45) is 0 Å². The predicted octanol–water partition coefficient (Wildman–Crippen LogP) is 1.99. The lowest BCUT2D eigenvalue weighted by Gasteiger charge is -2.02. The molecule has 0 fully saturated rings. The van der Waals surface area contributed by atoms with Crippen molar-refractivity contribution in [3.8, 4) is 0 Å². The van der Waals surface area contributed by atoms with Gasteiger partial charge in [-0.2, -0.15) is 0 Å². The smallest absolute Gasteiger partial charge is 0.322 e. The van der Waals surface area contributed by atoms with Gasteiger partial charge in [-0.3, -0.25) is 10.1 Å². The molecule has 88 valence electrons. The summed E-state index contributed by atoms with van der Waals surface area (Å²) in [5.41, 5.74) is 1.04. The third kappa shape index (κ3) is 2.79. The summed E-state index contributed by atoms with van der Waals surface area (Å²) in [7, 11) is 0. The van der Waals surface area contributed by atoms with Crippen LogP contribution in [0.4, 0.5) is 6.01 Å². The van der Waals surface area contributed by atoms with E-state index in [1.165, 1.54) is 6.07 Å². The lowest BCUT2D eigenvalue weighted by Crippen LogP contribution is -2.12. The summed E-state index contributed by atoms with van der Waals surface area (Å²) >= 11 is 5.76. The Morgan fingerprint density at radius 3 is 2.71 bits per heavy atom. The van der Waals surface area contributed by atoms with Crippen molar-refractivity contribution in [3.05, 3.63) is 34.4 Å². The first-order chi connectivity index (χ1) is 8.04. The zero-order valence-corrected chi connectivity index (χ0v) is 9.95. The maximum atomic E-state index is 11.8. The molecule has 0 aliphatic carbocycles. The van der Waals surface area contributed by atoms with Gasteiger partial charge in [0.25, 0.3) is 5.91 Å². The van der Waals surface area contributed by atoms with Crippen LogP contribution < -0.4 is 5.32 Å². The van der Waals surface area contributed by atoms with Crippen LogP contribution in [0.2, 0.25) is 5.15 Å². The number of aromatic nitrogens is 3. The van der Waals surface area contributed by atoms with E-state index in [-0.39, 0.29) is 17.1 Å². The summed E-state index contributed by atoms with van der Waals surface area (Å²) in [6.45, 7) is 3.38. The van der Waals surface area contributed by atoms with Crippen LogP contribution in [-0.4, -0.2) is 21.1 Å². The van der Waals surface area contributed by atoms with Crippen LogP contribution in [-0.2, 0) is 0 Å². The largest absolute Gasteiger partial charge is 0.408 e. The molecule has 0 spiro atoms. The number of rotatable bonds is 2. The van der Waals surface area contributed by atoms with Gasteiger partial charge in [0.15, 0.2) is 0 Å². The molecule has 17 heavy (non-hydrogen) atoms. The van der Waals surface area contributed by atoms with Gasteiger partial charge in [-0.25, -0.2) is 4.98 Å². The van der Waals surface area contributed by atoms with Crippen LogP contribution in [0.15, 0.2) is 16.5 Å². The number of nitrogens with one attached hydrogen (secondary N) is 1. The summed E-state index contributed by atoms with van der Waals surface area (Å²) in [5, 5.41) is 9.99. The van der Waals surface area contributed by atoms with Gasteiger partial charge in [0.05, 0.1) is 0 Å². The Kier molecular flexibility index (Phi) is 3.06. The van der Waals surface area contributed by atoms with Crippen molar-refractivity contribution in [2.75, 3.05) is 5.32 Å². The maximum Gasteiger partial charge on any atom is 0.322 e. The molecule has 1 N–H and O–H groups in total. The highest BCUT2D eigenvalue weighted by Crippen LogP contribution is 2.12. The lowest BCUT2D eigenvalue weighted by molar-refractivity contribution is 0.102. The van der Waals surface area contributed by atoms with Crippen molar-refractivity contribution in [3.63, 3.8) is 0 Å². The van der Waals surface area contributed by atoms with Gasteiger partial charge < -0.3 is 4.42 Å². The number of carbonyl (C=O) groups excluding carboxylic acids is 1. The topological polar surface area (TPSA) is 80.9 Å². The van der Waals surface area contributed by atoms with E-state index in [0.29, 0.717) is 17.1 Å². The fourth-order valence-electron chi connectivity index (χ4n) is 1.28. The highest BCUT2D eigenvalue weighted by molar-refractivity contribution is 6.29. The van der Waals surface area contributed by atoms with Crippen LogP contribution in [0.1, 0.15) is 21.9 Å². The Morgan fingerprint density at radius 2 is 2.12 bits per heavy atom. The summed E-state index contributed by atoms with van der Waals surface area (Å²) in [4.78, 5) is 15.8. The normalized spacial score (nSPS) is 10.3. The number of aryl methyl sites for hydroxylation is 2. The number of hydrogen-bond donors (Lipinski definition) is 1. The Bertz CT molecular complexity index is 547. The molecule has 2 aromatic heterocycles. The summed E-state index contributed by atoms with van der Waals surface area (Å²) in [6.07, 6.45) is 0. The maximum absolute atomic E-state index is 11.8. The van der Waals surface area contributed by atoms with Crippen molar-refractivity contribution in [1.82, 2.24) is 15.2 Å². The minimum Gasteiger partial charge on any atom is -0.408 e. The number of anilines is 1.